The zero-order chi connectivity index (χ0) is 21.4. The highest BCUT2D eigenvalue weighted by molar-refractivity contribution is 9.10. The van der Waals surface area contributed by atoms with Gasteiger partial charge in [0.25, 0.3) is 0 Å². The summed E-state index contributed by atoms with van der Waals surface area (Å²) in [6.45, 7) is 0. The van der Waals surface area contributed by atoms with Crippen LogP contribution in [0.5, 0.6) is 0 Å². The number of aromatic nitrogens is 1. The normalized spacial score (nSPS) is 22.0. The predicted molar refractivity (Wildman–Crippen MR) is 126 cm³/mol. The van der Waals surface area contributed by atoms with Crippen molar-refractivity contribution >= 4 is 33.3 Å². The summed E-state index contributed by atoms with van der Waals surface area (Å²) < 4.78 is 21.5. The van der Waals surface area contributed by atoms with Gasteiger partial charge in [0.15, 0.2) is 5.11 Å². The van der Waals surface area contributed by atoms with Gasteiger partial charge in [-0.15, -0.1) is 0 Å². The van der Waals surface area contributed by atoms with Crippen molar-refractivity contribution < 1.29 is 8.81 Å². The van der Waals surface area contributed by atoms with Gasteiger partial charge in [0.2, 0.25) is 0 Å². The number of nitrogens with one attached hydrogen (secondary N) is 1. The summed E-state index contributed by atoms with van der Waals surface area (Å²) in [6, 6.07) is 14.8. The van der Waals surface area contributed by atoms with Gasteiger partial charge in [0.05, 0.1) is 17.3 Å². The first-order chi connectivity index (χ1) is 15.1. The van der Waals surface area contributed by atoms with Crippen LogP contribution in [-0.4, -0.2) is 21.0 Å². The van der Waals surface area contributed by atoms with E-state index in [1.807, 2.05) is 36.4 Å². The smallest absolute Gasteiger partial charge is 0.170 e. The molecule has 160 valence electrons. The van der Waals surface area contributed by atoms with Gasteiger partial charge in [-0.25, -0.2) is 4.39 Å². The van der Waals surface area contributed by atoms with Crippen molar-refractivity contribution in [2.24, 2.45) is 0 Å². The molecule has 3 heterocycles. The van der Waals surface area contributed by atoms with E-state index in [2.05, 4.69) is 31.1 Å². The second-order valence-corrected chi connectivity index (χ2v) is 9.45. The Kier molecular flexibility index (Phi) is 5.80. The highest BCUT2D eigenvalue weighted by atomic mass is 79.9. The Hall–Kier alpha value is -2.25. The second kappa shape index (κ2) is 8.71. The number of halogens is 2. The molecule has 1 aromatic carbocycles. The molecule has 1 aliphatic heterocycles. The van der Waals surface area contributed by atoms with E-state index >= 15 is 0 Å². The summed E-state index contributed by atoms with van der Waals surface area (Å²) in [5, 5.41) is 4.23. The molecule has 0 spiro atoms. The molecule has 0 unspecified atom stereocenters. The lowest BCUT2D eigenvalue weighted by Crippen LogP contribution is -2.40. The summed E-state index contributed by atoms with van der Waals surface area (Å²) in [5.74, 6) is 0.966. The van der Waals surface area contributed by atoms with Crippen molar-refractivity contribution in [3.05, 3.63) is 76.5 Å². The van der Waals surface area contributed by atoms with E-state index < -0.39 is 0 Å². The van der Waals surface area contributed by atoms with Crippen molar-refractivity contribution in [1.29, 1.82) is 0 Å². The number of pyridine rings is 1. The molecule has 1 aliphatic carbocycles. The van der Waals surface area contributed by atoms with Gasteiger partial charge < -0.3 is 14.6 Å². The molecule has 2 atom stereocenters. The Morgan fingerprint density at radius 3 is 2.68 bits per heavy atom. The number of hydrogen-bond acceptors (Lipinski definition) is 3. The van der Waals surface area contributed by atoms with E-state index in [1.54, 1.807) is 12.3 Å². The van der Waals surface area contributed by atoms with Crippen LogP contribution in [0.3, 0.4) is 0 Å². The fraction of sp³-hybridized carbons (Fsp3) is 0.333. The lowest BCUT2D eigenvalue weighted by Gasteiger charge is -2.36. The molecule has 0 bridgehead atoms. The van der Waals surface area contributed by atoms with Crippen molar-refractivity contribution in [1.82, 2.24) is 15.2 Å². The van der Waals surface area contributed by atoms with E-state index in [0.29, 0.717) is 21.8 Å². The van der Waals surface area contributed by atoms with Crippen molar-refractivity contribution in [3.63, 3.8) is 0 Å². The molecule has 1 saturated heterocycles. The molecule has 5 rings (SSSR count). The lowest BCUT2D eigenvalue weighted by atomic mass is 9.92. The molecule has 2 aliphatic rings. The fourth-order valence-electron chi connectivity index (χ4n) is 4.77. The third kappa shape index (κ3) is 4.01. The Balaban J connectivity index is 1.55. The summed E-state index contributed by atoms with van der Waals surface area (Å²) in [6.07, 6.45) is 7.71. The van der Waals surface area contributed by atoms with Gasteiger partial charge in [0, 0.05) is 16.7 Å². The summed E-state index contributed by atoms with van der Waals surface area (Å²) in [7, 11) is 0. The number of benzene rings is 1. The first-order valence-electron chi connectivity index (χ1n) is 10.7. The third-order valence-electron chi connectivity index (χ3n) is 6.22. The summed E-state index contributed by atoms with van der Waals surface area (Å²) in [4.78, 5) is 6.88. The highest BCUT2D eigenvalue weighted by Gasteiger charge is 2.44. The van der Waals surface area contributed by atoms with Crippen LogP contribution >= 0.6 is 28.1 Å². The van der Waals surface area contributed by atoms with Gasteiger partial charge in [0.1, 0.15) is 23.4 Å². The fourth-order valence-corrected chi connectivity index (χ4v) is 5.49. The molecule has 1 saturated carbocycles. The first kappa shape index (κ1) is 20.6. The Morgan fingerprint density at radius 2 is 1.94 bits per heavy atom. The quantitative estimate of drug-likeness (QED) is 0.412. The Labute approximate surface area is 195 Å². The van der Waals surface area contributed by atoms with Crippen LogP contribution in [0.4, 0.5) is 4.39 Å². The molecule has 1 N–H and O–H groups in total. The number of rotatable bonds is 4. The standard InChI is InChI=1S/C24H23BrFN3OS/c25-15-9-10-17(18(26)14-15)20-11-12-21(30-20)23-22(19-8-4-5-13-27-19)28-24(31)29(23)16-6-2-1-3-7-16/h4-5,8-14,16,22-23H,1-3,6-7H2,(H,28,31)/t22-,23-/m1/s1. The number of furan rings is 1. The molecular formula is C24H23BrFN3OS. The highest BCUT2D eigenvalue weighted by Crippen LogP contribution is 2.43. The zero-order valence-corrected chi connectivity index (χ0v) is 19.3. The van der Waals surface area contributed by atoms with Crippen molar-refractivity contribution in [2.75, 3.05) is 0 Å². The average Bonchev–Trinajstić information content (AvgIpc) is 3.39. The topological polar surface area (TPSA) is 41.3 Å². The van der Waals surface area contributed by atoms with Crippen molar-refractivity contribution in [2.45, 2.75) is 50.2 Å². The largest absolute Gasteiger partial charge is 0.459 e. The van der Waals surface area contributed by atoms with Gasteiger partial charge in [-0.2, -0.15) is 0 Å². The van der Waals surface area contributed by atoms with Crippen LogP contribution in [0.15, 0.2) is 63.6 Å². The lowest BCUT2D eigenvalue weighted by molar-refractivity contribution is 0.179. The number of hydrogen-bond donors (Lipinski definition) is 1. The molecule has 0 amide bonds. The summed E-state index contributed by atoms with van der Waals surface area (Å²) in [5.41, 5.74) is 1.36. The van der Waals surface area contributed by atoms with Crippen LogP contribution in [0, 0.1) is 5.82 Å². The van der Waals surface area contributed by atoms with Crippen LogP contribution < -0.4 is 5.32 Å². The van der Waals surface area contributed by atoms with Crippen LogP contribution in [-0.2, 0) is 0 Å². The minimum Gasteiger partial charge on any atom is -0.459 e. The van der Waals surface area contributed by atoms with E-state index in [9.17, 15) is 4.39 Å². The van der Waals surface area contributed by atoms with E-state index in [-0.39, 0.29) is 17.9 Å². The Bertz CT molecular complexity index is 1080. The molecular weight excluding hydrogens is 477 g/mol. The molecule has 2 fully saturated rings. The molecule has 7 heteroatoms. The van der Waals surface area contributed by atoms with E-state index in [4.69, 9.17) is 16.6 Å². The molecule has 3 aromatic rings. The second-order valence-electron chi connectivity index (χ2n) is 8.15. The third-order valence-corrected chi connectivity index (χ3v) is 7.04. The minimum absolute atomic E-state index is 0.121. The predicted octanol–water partition coefficient (Wildman–Crippen LogP) is 6.55. The maximum absolute atomic E-state index is 14.6. The maximum Gasteiger partial charge on any atom is 0.170 e. The number of thiocarbonyl (C=S) groups is 1. The van der Waals surface area contributed by atoms with Crippen LogP contribution in [0.25, 0.3) is 11.3 Å². The van der Waals surface area contributed by atoms with Gasteiger partial charge in [-0.3, -0.25) is 4.98 Å². The van der Waals surface area contributed by atoms with Gasteiger partial charge >= 0.3 is 0 Å². The van der Waals surface area contributed by atoms with Crippen molar-refractivity contribution in [3.8, 4) is 11.3 Å². The van der Waals surface area contributed by atoms with Crippen LogP contribution in [0.2, 0.25) is 0 Å². The molecule has 4 nitrogen and oxygen atoms in total. The summed E-state index contributed by atoms with van der Waals surface area (Å²) >= 11 is 9.10. The first-order valence-corrected chi connectivity index (χ1v) is 11.9. The molecule has 31 heavy (non-hydrogen) atoms. The Morgan fingerprint density at radius 1 is 1.10 bits per heavy atom. The minimum atomic E-state index is -0.319. The van der Waals surface area contributed by atoms with Crippen LogP contribution in [0.1, 0.15) is 55.6 Å². The van der Waals surface area contributed by atoms with E-state index in [0.717, 1.165) is 29.4 Å². The van der Waals surface area contributed by atoms with Gasteiger partial charge in [-0.05, 0) is 67.5 Å². The molecule has 2 aromatic heterocycles. The monoisotopic (exact) mass is 499 g/mol. The molecule has 0 radical (unpaired) electrons. The van der Waals surface area contributed by atoms with E-state index in [1.165, 1.54) is 25.3 Å². The zero-order valence-electron chi connectivity index (χ0n) is 16.9. The SMILES string of the molecule is Fc1cc(Br)ccc1-c1ccc([C@@H]2[C@@H](c3ccccn3)NC(=S)N2C2CCCCC2)o1. The van der Waals surface area contributed by atoms with Gasteiger partial charge in [-0.1, -0.05) is 41.3 Å². The maximum atomic E-state index is 14.6. The number of nitrogens with zero attached hydrogens (tertiary/aromatic N) is 2. The average molecular weight is 500 g/mol.